The van der Waals surface area contributed by atoms with E-state index in [2.05, 4.69) is 15.5 Å². The predicted molar refractivity (Wildman–Crippen MR) is 107 cm³/mol. The minimum absolute atomic E-state index is 0.00557. The first-order valence-corrected chi connectivity index (χ1v) is 8.66. The highest BCUT2D eigenvalue weighted by atomic mass is 16.6. The molecule has 0 saturated carbocycles. The summed E-state index contributed by atoms with van der Waals surface area (Å²) in [7, 11) is 0. The van der Waals surface area contributed by atoms with Gasteiger partial charge in [-0.1, -0.05) is 54.6 Å². The van der Waals surface area contributed by atoms with E-state index in [-0.39, 0.29) is 18.0 Å². The van der Waals surface area contributed by atoms with E-state index in [1.165, 1.54) is 12.1 Å². The monoisotopic (exact) mass is 372 g/mol. The Bertz CT molecular complexity index is 1180. The second-order valence-electron chi connectivity index (χ2n) is 6.38. The molecule has 0 atom stereocenters. The van der Waals surface area contributed by atoms with E-state index in [0.29, 0.717) is 17.1 Å². The summed E-state index contributed by atoms with van der Waals surface area (Å²) in [6.07, 6.45) is 0.226. The summed E-state index contributed by atoms with van der Waals surface area (Å²) < 4.78 is 0. The van der Waals surface area contributed by atoms with Gasteiger partial charge in [-0.05, 0) is 16.3 Å². The predicted octanol–water partition coefficient (Wildman–Crippen LogP) is 4.32. The van der Waals surface area contributed by atoms with E-state index in [9.17, 15) is 14.9 Å². The minimum atomic E-state index is -0.452. The molecule has 1 aromatic heterocycles. The highest BCUT2D eigenvalue weighted by Crippen LogP contribution is 2.24. The van der Waals surface area contributed by atoms with Gasteiger partial charge in [-0.2, -0.15) is 5.10 Å². The lowest BCUT2D eigenvalue weighted by molar-refractivity contribution is -0.384. The van der Waals surface area contributed by atoms with E-state index in [0.717, 1.165) is 16.3 Å². The molecule has 0 bridgehead atoms. The topological polar surface area (TPSA) is 101 Å². The van der Waals surface area contributed by atoms with Crippen molar-refractivity contribution in [2.75, 3.05) is 5.32 Å². The normalized spacial score (nSPS) is 10.7. The number of aromatic amines is 1. The number of non-ortho nitro benzene ring substituents is 1. The lowest BCUT2D eigenvalue weighted by Gasteiger charge is -2.04. The minimum Gasteiger partial charge on any atom is -0.309 e. The number of nitrogens with one attached hydrogen (secondary N) is 2. The zero-order valence-electron chi connectivity index (χ0n) is 14.8. The van der Waals surface area contributed by atoms with Gasteiger partial charge in [0.25, 0.3) is 5.69 Å². The summed E-state index contributed by atoms with van der Waals surface area (Å²) in [6, 6.07) is 21.8. The number of nitrogens with zero attached hydrogens (tertiary/aromatic N) is 2. The van der Waals surface area contributed by atoms with Crippen LogP contribution in [0.25, 0.3) is 22.0 Å². The fourth-order valence-electron chi connectivity index (χ4n) is 3.04. The van der Waals surface area contributed by atoms with Gasteiger partial charge < -0.3 is 5.32 Å². The lowest BCUT2D eigenvalue weighted by atomic mass is 10.0. The molecule has 7 heteroatoms. The largest absolute Gasteiger partial charge is 0.309 e. The quantitative estimate of drug-likeness (QED) is 0.402. The molecule has 0 spiro atoms. The highest BCUT2D eigenvalue weighted by Gasteiger charge is 2.11. The molecule has 0 aliphatic heterocycles. The molecule has 28 heavy (non-hydrogen) atoms. The van der Waals surface area contributed by atoms with Crippen LogP contribution in [0.4, 0.5) is 11.5 Å². The van der Waals surface area contributed by atoms with Crippen molar-refractivity contribution in [2.24, 2.45) is 0 Å². The number of amides is 1. The van der Waals surface area contributed by atoms with Crippen LogP contribution in [0.5, 0.6) is 0 Å². The van der Waals surface area contributed by atoms with Gasteiger partial charge in [-0.25, -0.2) is 0 Å². The fraction of sp³-hybridized carbons (Fsp3) is 0.0476. The zero-order valence-corrected chi connectivity index (χ0v) is 14.8. The number of aromatic nitrogens is 2. The zero-order chi connectivity index (χ0) is 19.5. The van der Waals surface area contributed by atoms with E-state index in [4.69, 9.17) is 0 Å². The third-order valence-electron chi connectivity index (χ3n) is 4.39. The molecule has 0 aliphatic rings. The Morgan fingerprint density at radius 2 is 1.82 bits per heavy atom. The Kier molecular flexibility index (Phi) is 4.55. The molecule has 1 amide bonds. The molecule has 4 rings (SSSR count). The number of fused-ring (bicyclic) bond motifs is 1. The number of benzene rings is 3. The van der Waals surface area contributed by atoms with Crippen molar-refractivity contribution in [1.29, 1.82) is 0 Å². The first kappa shape index (κ1) is 17.4. The maximum atomic E-state index is 12.4. The van der Waals surface area contributed by atoms with E-state index < -0.39 is 4.92 Å². The van der Waals surface area contributed by atoms with Crippen molar-refractivity contribution in [2.45, 2.75) is 6.42 Å². The average Bonchev–Trinajstić information content (AvgIpc) is 3.16. The smallest absolute Gasteiger partial charge is 0.270 e. The van der Waals surface area contributed by atoms with Crippen LogP contribution in [0.3, 0.4) is 0 Å². The van der Waals surface area contributed by atoms with Gasteiger partial charge in [0.05, 0.1) is 17.0 Å². The average molecular weight is 372 g/mol. The number of nitro groups is 1. The Morgan fingerprint density at radius 1 is 1.00 bits per heavy atom. The first-order chi connectivity index (χ1) is 13.6. The van der Waals surface area contributed by atoms with Gasteiger partial charge in [0.1, 0.15) is 0 Å². The summed E-state index contributed by atoms with van der Waals surface area (Å²) in [5.41, 5.74) is 2.11. The SMILES string of the molecule is O=C(Cc1ccc2ccccc2c1)Nc1cc(-c2cccc([N+](=O)[O-])c2)[nH]n1. The number of carbonyl (C=O) groups excluding carboxylic acids is 1. The van der Waals surface area contributed by atoms with Crippen LogP contribution < -0.4 is 5.32 Å². The molecular formula is C21H16N4O3. The maximum absolute atomic E-state index is 12.4. The Hall–Kier alpha value is -4.00. The molecule has 3 aromatic carbocycles. The lowest BCUT2D eigenvalue weighted by Crippen LogP contribution is -2.14. The van der Waals surface area contributed by atoms with Crippen LogP contribution in [0.2, 0.25) is 0 Å². The second kappa shape index (κ2) is 7.32. The maximum Gasteiger partial charge on any atom is 0.270 e. The van der Waals surface area contributed by atoms with E-state index in [1.807, 2.05) is 42.5 Å². The highest BCUT2D eigenvalue weighted by molar-refractivity contribution is 5.93. The van der Waals surface area contributed by atoms with E-state index >= 15 is 0 Å². The number of anilines is 1. The van der Waals surface area contributed by atoms with Crippen LogP contribution in [0.1, 0.15) is 5.56 Å². The van der Waals surface area contributed by atoms with E-state index in [1.54, 1.807) is 18.2 Å². The summed E-state index contributed by atoms with van der Waals surface area (Å²) in [5, 5.41) is 22.7. The second-order valence-corrected chi connectivity index (χ2v) is 6.38. The van der Waals surface area contributed by atoms with Gasteiger partial charge >= 0.3 is 0 Å². The number of H-pyrrole nitrogens is 1. The molecule has 1 heterocycles. The molecule has 4 aromatic rings. The number of nitro benzene ring substituents is 1. The van der Waals surface area contributed by atoms with Crippen LogP contribution in [0, 0.1) is 10.1 Å². The Balaban J connectivity index is 1.46. The summed E-state index contributed by atoms with van der Waals surface area (Å²) in [4.78, 5) is 22.8. The van der Waals surface area contributed by atoms with Crippen molar-refractivity contribution in [3.05, 3.63) is 88.5 Å². The van der Waals surface area contributed by atoms with Crippen LogP contribution >= 0.6 is 0 Å². The summed E-state index contributed by atoms with van der Waals surface area (Å²) in [5.74, 6) is 0.180. The molecule has 0 aliphatic carbocycles. The van der Waals surface area contributed by atoms with Crippen molar-refractivity contribution in [3.8, 4) is 11.3 Å². The van der Waals surface area contributed by atoms with Crippen molar-refractivity contribution < 1.29 is 9.72 Å². The molecule has 7 nitrogen and oxygen atoms in total. The molecular weight excluding hydrogens is 356 g/mol. The number of rotatable bonds is 5. The van der Waals surface area contributed by atoms with Crippen molar-refractivity contribution >= 4 is 28.2 Å². The molecule has 0 radical (unpaired) electrons. The molecule has 0 unspecified atom stereocenters. The third kappa shape index (κ3) is 3.73. The summed E-state index contributed by atoms with van der Waals surface area (Å²) >= 11 is 0. The number of carbonyl (C=O) groups is 1. The van der Waals surface area contributed by atoms with Crippen LogP contribution in [0.15, 0.2) is 72.8 Å². The Morgan fingerprint density at radius 3 is 2.64 bits per heavy atom. The van der Waals surface area contributed by atoms with Crippen molar-refractivity contribution in [3.63, 3.8) is 0 Å². The van der Waals surface area contributed by atoms with Gasteiger partial charge in [0, 0.05) is 23.8 Å². The van der Waals surface area contributed by atoms with Crippen molar-refractivity contribution in [1.82, 2.24) is 10.2 Å². The first-order valence-electron chi connectivity index (χ1n) is 8.66. The van der Waals surface area contributed by atoms with Gasteiger partial charge in [0.15, 0.2) is 5.82 Å². The molecule has 0 fully saturated rings. The van der Waals surface area contributed by atoms with Crippen LogP contribution in [-0.2, 0) is 11.2 Å². The van der Waals surface area contributed by atoms with Crippen LogP contribution in [-0.4, -0.2) is 21.0 Å². The number of hydrogen-bond donors (Lipinski definition) is 2. The Labute approximate surface area is 160 Å². The van der Waals surface area contributed by atoms with Gasteiger partial charge in [0.2, 0.25) is 5.91 Å². The fourth-order valence-corrected chi connectivity index (χ4v) is 3.04. The summed E-state index contributed by atoms with van der Waals surface area (Å²) in [6.45, 7) is 0. The molecule has 0 saturated heterocycles. The third-order valence-corrected chi connectivity index (χ3v) is 4.39. The number of hydrogen-bond acceptors (Lipinski definition) is 4. The molecule has 2 N–H and O–H groups in total. The van der Waals surface area contributed by atoms with Gasteiger partial charge in [-0.3, -0.25) is 20.0 Å². The standard InChI is InChI=1S/C21H16N4O3/c26-21(11-14-8-9-15-4-1-2-5-16(15)10-14)22-20-13-19(23-24-20)17-6-3-7-18(12-17)25(27)28/h1-10,12-13H,11H2,(H2,22,23,24,26). The van der Waals surface area contributed by atoms with Gasteiger partial charge in [-0.15, -0.1) is 0 Å². The molecule has 138 valence electrons.